The maximum absolute atomic E-state index is 15.4. The molecule has 23 heteroatoms. The summed E-state index contributed by atoms with van der Waals surface area (Å²) in [5.41, 5.74) is -0.750. The third kappa shape index (κ3) is 6.94. The number of nitrogens with one attached hydrogen (secondary N) is 2. The molecule has 0 radical (unpaired) electrons. The number of fused-ring (bicyclic) bond motifs is 5. The van der Waals surface area contributed by atoms with Gasteiger partial charge in [0.25, 0.3) is 34.4 Å². The molecule has 2 saturated carbocycles. The van der Waals surface area contributed by atoms with E-state index >= 15 is 8.78 Å². The van der Waals surface area contributed by atoms with Gasteiger partial charge in [-0.2, -0.15) is 13.9 Å². The number of sulfonamides is 1. The van der Waals surface area contributed by atoms with Crippen molar-refractivity contribution in [2.75, 3.05) is 6.54 Å². The zero-order valence-electron chi connectivity index (χ0n) is 30.6. The molecule has 1 amide bonds. The first-order valence-corrected chi connectivity index (χ1v) is 20.4. The van der Waals surface area contributed by atoms with Gasteiger partial charge in [0.1, 0.15) is 41.2 Å². The second-order valence-electron chi connectivity index (χ2n) is 15.2. The summed E-state index contributed by atoms with van der Waals surface area (Å²) in [6.45, 7) is -2.08. The van der Waals surface area contributed by atoms with Gasteiger partial charge < -0.3 is 10.7 Å². The smallest absolute Gasteiger partial charge is 0.293 e. The minimum atomic E-state index is -4.12. The van der Waals surface area contributed by atoms with Crippen LogP contribution in [0.3, 0.4) is 0 Å². The minimum absolute atomic E-state index is 0.0326. The Morgan fingerprint density at radius 2 is 1.83 bits per heavy atom. The second kappa shape index (κ2) is 14.5. The molecule has 5 aliphatic rings. The Kier molecular flexibility index (Phi) is 9.69. The number of rotatable bonds is 12. The van der Waals surface area contributed by atoms with Crippen LogP contribution in [0.4, 0.5) is 35.1 Å². The second-order valence-corrected chi connectivity index (χ2v) is 17.5. The zero-order valence-corrected chi connectivity index (χ0v) is 32.1. The first kappa shape index (κ1) is 40.2. The van der Waals surface area contributed by atoms with Crippen molar-refractivity contribution in [2.45, 2.75) is 74.3 Å². The number of hydrogen-bond acceptors (Lipinski definition) is 8. The Labute approximate surface area is 338 Å². The number of alkyl halides is 6. The van der Waals surface area contributed by atoms with Crippen molar-refractivity contribution < 1.29 is 48.3 Å². The molecule has 3 aromatic heterocycles. The van der Waals surface area contributed by atoms with Crippen molar-refractivity contribution >= 4 is 50.1 Å². The number of carbonyl (C=O) groups is 1. The number of allylic oxidation sites excluding steroid dienone is 2. The van der Waals surface area contributed by atoms with E-state index in [-0.39, 0.29) is 45.1 Å². The third-order valence-corrected chi connectivity index (χ3v) is 13.2. The number of aromatic nitrogens is 5. The Balaban J connectivity index is 1.18. The van der Waals surface area contributed by atoms with Gasteiger partial charge in [0.05, 0.1) is 35.2 Å². The van der Waals surface area contributed by atoms with Crippen molar-refractivity contribution in [3.63, 3.8) is 0 Å². The van der Waals surface area contributed by atoms with Crippen LogP contribution in [-0.2, 0) is 33.7 Å². The molecule has 1 aromatic carbocycles. The Hall–Kier alpha value is -5.22. The summed E-state index contributed by atoms with van der Waals surface area (Å²) in [5.74, 6) is -10.8. The van der Waals surface area contributed by atoms with Gasteiger partial charge in [-0.1, -0.05) is 11.6 Å². The van der Waals surface area contributed by atoms with Gasteiger partial charge in [0, 0.05) is 40.9 Å². The predicted molar refractivity (Wildman–Crippen MR) is 197 cm³/mol. The average molecular weight is 884 g/mol. The molecule has 3 unspecified atom stereocenters. The van der Waals surface area contributed by atoms with E-state index in [0.29, 0.717) is 23.6 Å². The van der Waals surface area contributed by atoms with Crippen LogP contribution >= 0.6 is 11.6 Å². The molecule has 4 aliphatic carbocycles. The zero-order chi connectivity index (χ0) is 42.6. The predicted octanol–water partition coefficient (Wildman–Crippen LogP) is 5.45. The number of amidine groups is 1. The summed E-state index contributed by atoms with van der Waals surface area (Å²) in [6, 6.07) is 2.14. The van der Waals surface area contributed by atoms with Gasteiger partial charge in [0.15, 0.2) is 5.65 Å². The molecule has 3 fully saturated rings. The topological polar surface area (TPSA) is 156 Å². The van der Waals surface area contributed by atoms with Gasteiger partial charge in [-0.15, -0.1) is 4.40 Å². The highest BCUT2D eigenvalue weighted by Gasteiger charge is 2.67. The Morgan fingerprint density at radius 3 is 2.52 bits per heavy atom. The lowest BCUT2D eigenvalue weighted by Gasteiger charge is -2.33. The molecule has 2 N–H and O–H groups in total. The van der Waals surface area contributed by atoms with Crippen LogP contribution < -0.4 is 16.3 Å². The Bertz CT molecular complexity index is 2720. The number of halogens is 9. The van der Waals surface area contributed by atoms with Crippen LogP contribution in [-0.4, -0.2) is 73.7 Å². The lowest BCUT2D eigenvalue weighted by Crippen LogP contribution is -2.46. The van der Waals surface area contributed by atoms with E-state index in [0.717, 1.165) is 21.7 Å². The molecular formula is C37H30ClF8N9O4S. The van der Waals surface area contributed by atoms with Gasteiger partial charge in [0.2, 0.25) is 5.91 Å². The Morgan fingerprint density at radius 1 is 1.10 bits per heavy atom. The van der Waals surface area contributed by atoms with Crippen LogP contribution in [0.1, 0.15) is 66.0 Å². The molecule has 4 aromatic rings. The summed E-state index contributed by atoms with van der Waals surface area (Å²) in [5, 5.41) is 6.22. The quantitative estimate of drug-likeness (QED) is 0.177. The third-order valence-electron chi connectivity index (χ3n) is 11.1. The van der Waals surface area contributed by atoms with Crippen LogP contribution in [0.25, 0.3) is 16.7 Å². The van der Waals surface area contributed by atoms with E-state index in [1.807, 2.05) is 0 Å². The van der Waals surface area contributed by atoms with E-state index in [9.17, 15) is 44.3 Å². The summed E-state index contributed by atoms with van der Waals surface area (Å²) >= 11 is 6.64. The molecule has 60 heavy (non-hydrogen) atoms. The fourth-order valence-electron chi connectivity index (χ4n) is 8.41. The number of nitrogens with zero attached hydrogens (tertiary/aromatic N) is 7. The number of amides is 1. The number of carbonyl (C=O) groups excluding carboxylic acids is 1. The molecule has 4 heterocycles. The van der Waals surface area contributed by atoms with Crippen LogP contribution in [0.5, 0.6) is 0 Å². The molecule has 5 atom stereocenters. The summed E-state index contributed by atoms with van der Waals surface area (Å²) < 4.78 is 148. The average Bonchev–Trinajstić information content (AvgIpc) is 4.09. The highest BCUT2D eigenvalue weighted by molar-refractivity contribution is 7.91. The molecule has 0 spiro atoms. The van der Waals surface area contributed by atoms with Crippen molar-refractivity contribution in [3.8, 4) is 0 Å². The lowest BCUT2D eigenvalue weighted by atomic mass is 9.91. The number of hydrogen-bond donors (Lipinski definition) is 2. The molecule has 0 bridgehead atoms. The molecule has 1 aliphatic heterocycles. The first-order valence-electron chi connectivity index (χ1n) is 18.5. The summed E-state index contributed by atoms with van der Waals surface area (Å²) in [4.78, 5) is 37.4. The van der Waals surface area contributed by atoms with Crippen molar-refractivity contribution in [2.24, 2.45) is 16.2 Å². The highest BCUT2D eigenvalue weighted by Crippen LogP contribution is 2.68. The normalized spacial score (nSPS) is 24.3. The maximum Gasteiger partial charge on any atom is 0.293 e. The molecule has 316 valence electrons. The molecule has 1 saturated heterocycles. The van der Waals surface area contributed by atoms with Gasteiger partial charge in [-0.25, -0.2) is 49.7 Å². The van der Waals surface area contributed by atoms with E-state index < -0.39 is 124 Å². The van der Waals surface area contributed by atoms with E-state index in [2.05, 4.69) is 30.2 Å². The minimum Gasteiger partial charge on any atom is -0.344 e. The first-order chi connectivity index (χ1) is 28.4. The van der Waals surface area contributed by atoms with Gasteiger partial charge in [-0.3, -0.25) is 18.8 Å². The monoisotopic (exact) mass is 883 g/mol. The van der Waals surface area contributed by atoms with E-state index in [1.165, 1.54) is 30.5 Å². The summed E-state index contributed by atoms with van der Waals surface area (Å²) in [6.07, 6.45) is -2.32. The fraction of sp³-hybridized carbons (Fsp3) is 0.405. The van der Waals surface area contributed by atoms with Crippen molar-refractivity contribution in [3.05, 3.63) is 104 Å². The number of benzene rings is 1. The van der Waals surface area contributed by atoms with Crippen molar-refractivity contribution in [1.29, 1.82) is 0 Å². The van der Waals surface area contributed by atoms with E-state index in [4.69, 9.17) is 11.6 Å². The van der Waals surface area contributed by atoms with Gasteiger partial charge >= 0.3 is 0 Å². The molecule has 9 rings (SSSR count). The molecule has 13 nitrogen and oxygen atoms in total. The molecular weight excluding hydrogens is 854 g/mol. The van der Waals surface area contributed by atoms with Crippen LogP contribution in [0.15, 0.2) is 62.9 Å². The van der Waals surface area contributed by atoms with Crippen LogP contribution in [0.2, 0.25) is 0 Å². The van der Waals surface area contributed by atoms with Crippen molar-refractivity contribution in [1.82, 2.24) is 40.1 Å². The number of hydrazine groups is 1. The maximum atomic E-state index is 15.4. The van der Waals surface area contributed by atoms with Crippen LogP contribution in [0, 0.1) is 23.5 Å². The number of pyridine rings is 1. The fourth-order valence-corrected chi connectivity index (χ4v) is 10.0. The largest absolute Gasteiger partial charge is 0.344 e. The standard InChI is InChI=1S/C37H30ClF8N9O4S/c38-22-5-6-24(30-28(22)34(51-53(30)13-25(41)42)52-60(58,59)18-3-4-18)55-35(49-33-19(36(55)57)2-1-7-47-33)23(10-15-8-16(39)11-17(40)9-15)48-26(56)14-54-31-27(29(50-54)32(43)44)20-12-21(20)37(31,45)46/h1-2,5-9,11,18,20-21,23,25,28,30,32H,3-4,10,12-14H2,(H,48,56)(H,51,52)/t20-,21?,23-,28?,30?/m0/s1. The highest BCUT2D eigenvalue weighted by atomic mass is 35.5. The summed E-state index contributed by atoms with van der Waals surface area (Å²) in [7, 11) is -4.12. The van der Waals surface area contributed by atoms with Gasteiger partial charge in [-0.05, 0) is 67.2 Å². The SMILES string of the molecule is O=C(Cn1nc(C(F)F)c2c1C(F)(F)C1C[C@H]21)N[C@@H](Cc1cc(F)cc(F)c1)c1nc2ncccc2c(=O)n1C1=CC=C(Cl)C2C(=NS(=O)(=O)C3CC3)NN(CC(F)F)C12. The van der Waals surface area contributed by atoms with E-state index in [1.54, 1.807) is 0 Å². The lowest BCUT2D eigenvalue weighted by molar-refractivity contribution is -0.123.